The Morgan fingerprint density at radius 3 is 2.64 bits per heavy atom. The molecule has 1 atom stereocenters. The summed E-state index contributed by atoms with van der Waals surface area (Å²) < 4.78 is 0. The minimum Gasteiger partial charge on any atom is -0.353 e. The summed E-state index contributed by atoms with van der Waals surface area (Å²) in [6.45, 7) is 1.57. The first-order valence-corrected chi connectivity index (χ1v) is 9.68. The normalized spacial score (nSPS) is 25.9. The Balaban J connectivity index is 1.46. The van der Waals surface area contributed by atoms with Gasteiger partial charge in [-0.1, -0.05) is 12.8 Å². The van der Waals surface area contributed by atoms with Gasteiger partial charge in [-0.3, -0.25) is 9.59 Å². The topological polar surface area (TPSA) is 52.7 Å². The van der Waals surface area contributed by atoms with Gasteiger partial charge in [0.2, 0.25) is 11.8 Å². The maximum atomic E-state index is 12.6. The molecular formula is C16H27N3O2S. The van der Waals surface area contributed by atoms with Crippen molar-refractivity contribution in [3.05, 3.63) is 0 Å². The number of likely N-dealkylation sites (N-methyl/N-ethyl adjacent to an activating group) is 1. The van der Waals surface area contributed by atoms with Crippen molar-refractivity contribution in [2.45, 2.75) is 50.6 Å². The highest BCUT2D eigenvalue weighted by Crippen LogP contribution is 2.30. The number of amides is 2. The van der Waals surface area contributed by atoms with Gasteiger partial charge in [0.25, 0.3) is 0 Å². The van der Waals surface area contributed by atoms with Gasteiger partial charge in [0, 0.05) is 30.8 Å². The summed E-state index contributed by atoms with van der Waals surface area (Å²) in [5, 5.41) is 3.03. The van der Waals surface area contributed by atoms with Gasteiger partial charge >= 0.3 is 0 Å². The largest absolute Gasteiger partial charge is 0.353 e. The zero-order valence-electron chi connectivity index (χ0n) is 13.4. The fourth-order valence-corrected chi connectivity index (χ4v) is 4.62. The third kappa shape index (κ3) is 3.77. The summed E-state index contributed by atoms with van der Waals surface area (Å²) in [7, 11) is 2.12. The van der Waals surface area contributed by atoms with E-state index in [1.165, 1.54) is 12.8 Å². The van der Waals surface area contributed by atoms with Gasteiger partial charge in [-0.25, -0.2) is 0 Å². The van der Waals surface area contributed by atoms with Gasteiger partial charge in [-0.2, -0.15) is 0 Å². The van der Waals surface area contributed by atoms with Crippen LogP contribution in [0.15, 0.2) is 0 Å². The third-order valence-corrected chi connectivity index (χ3v) is 6.12. The monoisotopic (exact) mass is 325 g/mol. The van der Waals surface area contributed by atoms with E-state index in [2.05, 4.69) is 17.3 Å². The molecule has 0 aromatic rings. The molecular weight excluding hydrogens is 298 g/mol. The average Bonchev–Trinajstić information content (AvgIpc) is 3.04. The van der Waals surface area contributed by atoms with Gasteiger partial charge in [0.15, 0.2) is 0 Å². The van der Waals surface area contributed by atoms with Crippen LogP contribution in [0.4, 0.5) is 0 Å². The van der Waals surface area contributed by atoms with E-state index < -0.39 is 0 Å². The second-order valence-electron chi connectivity index (χ2n) is 6.81. The van der Waals surface area contributed by atoms with Gasteiger partial charge in [0.1, 0.15) is 6.04 Å². The number of hydrogen-bond donors (Lipinski definition) is 1. The summed E-state index contributed by atoms with van der Waals surface area (Å²) in [5.74, 6) is 1.81. The number of nitrogens with zero attached hydrogens (tertiary/aromatic N) is 2. The molecule has 5 nitrogen and oxygen atoms in total. The first-order valence-electron chi connectivity index (χ1n) is 8.53. The Labute approximate surface area is 137 Å². The number of rotatable bonds is 6. The van der Waals surface area contributed by atoms with Gasteiger partial charge in [-0.15, -0.1) is 11.8 Å². The maximum Gasteiger partial charge on any atom is 0.243 e. The van der Waals surface area contributed by atoms with Crippen molar-refractivity contribution in [1.29, 1.82) is 0 Å². The predicted octanol–water partition coefficient (Wildman–Crippen LogP) is 1.29. The summed E-state index contributed by atoms with van der Waals surface area (Å²) in [6.07, 6.45) is 6.88. The molecule has 0 bridgehead atoms. The van der Waals surface area contributed by atoms with Crippen LogP contribution < -0.4 is 5.32 Å². The maximum absolute atomic E-state index is 12.6. The van der Waals surface area contributed by atoms with Crippen molar-refractivity contribution in [2.24, 2.45) is 5.92 Å². The summed E-state index contributed by atoms with van der Waals surface area (Å²) >= 11 is 1.69. The SMILES string of the molecule is CN(CCNC(=O)[C@H]1CSCN1C(=O)C1CCCC1)C1CC1. The lowest BCUT2D eigenvalue weighted by molar-refractivity contribution is -0.141. The van der Waals surface area contributed by atoms with Crippen LogP contribution in [0.25, 0.3) is 0 Å². The smallest absolute Gasteiger partial charge is 0.243 e. The van der Waals surface area contributed by atoms with Crippen molar-refractivity contribution in [3.63, 3.8) is 0 Å². The molecule has 0 radical (unpaired) electrons. The fourth-order valence-electron chi connectivity index (χ4n) is 3.46. The second-order valence-corrected chi connectivity index (χ2v) is 7.81. The molecule has 1 N–H and O–H groups in total. The number of thioether (sulfide) groups is 1. The summed E-state index contributed by atoms with van der Waals surface area (Å²) in [5.41, 5.74) is 0. The second kappa shape index (κ2) is 7.21. The van der Waals surface area contributed by atoms with Gasteiger partial charge < -0.3 is 15.1 Å². The molecule has 3 aliphatic rings. The van der Waals surface area contributed by atoms with E-state index in [-0.39, 0.29) is 23.8 Å². The molecule has 0 aromatic heterocycles. The van der Waals surface area contributed by atoms with Crippen LogP contribution in [0, 0.1) is 5.92 Å². The van der Waals surface area contributed by atoms with Crippen molar-refractivity contribution >= 4 is 23.6 Å². The number of carbonyl (C=O) groups is 2. The molecule has 2 aliphatic carbocycles. The van der Waals surface area contributed by atoms with E-state index in [0.717, 1.165) is 44.0 Å². The number of carbonyl (C=O) groups excluding carboxylic acids is 2. The van der Waals surface area contributed by atoms with E-state index in [9.17, 15) is 9.59 Å². The fraction of sp³-hybridized carbons (Fsp3) is 0.875. The molecule has 0 spiro atoms. The minimum atomic E-state index is -0.260. The standard InChI is InChI=1S/C16H27N3O2S/c1-18(13-6-7-13)9-8-17-15(20)14-10-22-11-19(14)16(21)12-4-2-3-5-12/h12-14H,2-11H2,1H3,(H,17,20)/t14-/m1/s1. The van der Waals surface area contributed by atoms with Gasteiger partial charge in [0.05, 0.1) is 5.88 Å². The van der Waals surface area contributed by atoms with Crippen LogP contribution in [-0.4, -0.2) is 65.5 Å². The molecule has 1 aliphatic heterocycles. The predicted molar refractivity (Wildman–Crippen MR) is 88.6 cm³/mol. The third-order valence-electron chi connectivity index (χ3n) is 5.11. The highest BCUT2D eigenvalue weighted by Gasteiger charge is 2.38. The Morgan fingerprint density at radius 1 is 1.23 bits per heavy atom. The molecule has 2 amide bonds. The van der Waals surface area contributed by atoms with Crippen LogP contribution in [-0.2, 0) is 9.59 Å². The minimum absolute atomic E-state index is 0.0283. The molecule has 1 saturated heterocycles. The van der Waals surface area contributed by atoms with Crippen molar-refractivity contribution in [3.8, 4) is 0 Å². The number of hydrogen-bond acceptors (Lipinski definition) is 4. The molecule has 22 heavy (non-hydrogen) atoms. The molecule has 1 heterocycles. The van der Waals surface area contributed by atoms with Gasteiger partial charge in [-0.05, 0) is 32.7 Å². The summed E-state index contributed by atoms with van der Waals surface area (Å²) in [6, 6.07) is 0.462. The van der Waals surface area contributed by atoms with E-state index in [0.29, 0.717) is 12.4 Å². The van der Waals surface area contributed by atoms with Crippen molar-refractivity contribution in [2.75, 3.05) is 31.8 Å². The van der Waals surface area contributed by atoms with Crippen LogP contribution in [0.2, 0.25) is 0 Å². The zero-order chi connectivity index (χ0) is 15.5. The summed E-state index contributed by atoms with van der Waals surface area (Å²) in [4.78, 5) is 29.1. The van der Waals surface area contributed by atoms with Crippen LogP contribution in [0.5, 0.6) is 0 Å². The zero-order valence-corrected chi connectivity index (χ0v) is 14.2. The Bertz CT molecular complexity index is 422. The lowest BCUT2D eigenvalue weighted by Gasteiger charge is -2.26. The average molecular weight is 325 g/mol. The molecule has 0 aromatic carbocycles. The van der Waals surface area contributed by atoms with Crippen molar-refractivity contribution < 1.29 is 9.59 Å². The van der Waals surface area contributed by atoms with Crippen LogP contribution in [0.3, 0.4) is 0 Å². The lowest BCUT2D eigenvalue weighted by atomic mass is 10.1. The highest BCUT2D eigenvalue weighted by molar-refractivity contribution is 7.99. The lowest BCUT2D eigenvalue weighted by Crippen LogP contribution is -2.49. The first-order chi connectivity index (χ1) is 10.7. The molecule has 124 valence electrons. The number of nitrogens with one attached hydrogen (secondary N) is 1. The van der Waals surface area contributed by atoms with E-state index in [1.54, 1.807) is 11.8 Å². The molecule has 0 unspecified atom stereocenters. The van der Waals surface area contributed by atoms with Crippen LogP contribution >= 0.6 is 11.8 Å². The Morgan fingerprint density at radius 2 is 1.95 bits per heavy atom. The highest BCUT2D eigenvalue weighted by atomic mass is 32.2. The van der Waals surface area contributed by atoms with E-state index in [4.69, 9.17) is 0 Å². The molecule has 3 rings (SSSR count). The van der Waals surface area contributed by atoms with E-state index >= 15 is 0 Å². The van der Waals surface area contributed by atoms with Crippen LogP contribution in [0.1, 0.15) is 38.5 Å². The molecule has 6 heteroatoms. The molecule has 3 fully saturated rings. The Hall–Kier alpha value is -0.750. The first kappa shape index (κ1) is 16.1. The Kier molecular flexibility index (Phi) is 5.29. The van der Waals surface area contributed by atoms with E-state index in [1.807, 2.05) is 4.90 Å². The van der Waals surface area contributed by atoms with Crippen molar-refractivity contribution in [1.82, 2.24) is 15.1 Å². The quantitative estimate of drug-likeness (QED) is 0.799. The molecule has 2 saturated carbocycles.